The largest absolute Gasteiger partial charge is 0.360 e. The van der Waals surface area contributed by atoms with Gasteiger partial charge in [-0.1, -0.05) is 43.3 Å². The molecule has 3 rings (SSSR count). The number of thiocarbonyl (C=S) groups is 1. The highest BCUT2D eigenvalue weighted by atomic mass is 32.1. The third-order valence-corrected chi connectivity index (χ3v) is 5.00. The molecule has 0 saturated carbocycles. The molecule has 26 heavy (non-hydrogen) atoms. The number of piperidine rings is 1. The highest BCUT2D eigenvalue weighted by molar-refractivity contribution is 7.80. The second-order valence-electron chi connectivity index (χ2n) is 6.54. The van der Waals surface area contributed by atoms with Crippen LogP contribution in [-0.2, 0) is 6.42 Å². The van der Waals surface area contributed by atoms with Crippen LogP contribution in [0.5, 0.6) is 0 Å². The summed E-state index contributed by atoms with van der Waals surface area (Å²) in [5.41, 5.74) is 3.07. The standard InChI is InChI=1S/C21H25N3OS/c1-2-16-8-6-7-11-19(16)23-21(26)22-18-12-14-24(15-13-18)20(25)17-9-4-3-5-10-17/h3-11,18H,2,12-15H2,1H3,(H2,22,23,26). The number of amides is 1. The van der Waals surface area contributed by atoms with Crippen molar-refractivity contribution in [2.75, 3.05) is 18.4 Å². The molecule has 136 valence electrons. The van der Waals surface area contributed by atoms with Gasteiger partial charge in [-0.05, 0) is 55.2 Å². The molecule has 2 N–H and O–H groups in total. The molecule has 0 radical (unpaired) electrons. The second kappa shape index (κ2) is 8.81. The van der Waals surface area contributed by atoms with E-state index in [1.807, 2.05) is 53.4 Å². The van der Waals surface area contributed by atoms with E-state index in [0.717, 1.165) is 43.6 Å². The number of hydrogen-bond acceptors (Lipinski definition) is 2. The van der Waals surface area contributed by atoms with Crippen LogP contribution in [0.25, 0.3) is 0 Å². The van der Waals surface area contributed by atoms with Crippen molar-refractivity contribution in [2.45, 2.75) is 32.2 Å². The molecule has 2 aromatic carbocycles. The summed E-state index contributed by atoms with van der Waals surface area (Å²) in [6.07, 6.45) is 2.76. The van der Waals surface area contributed by atoms with Gasteiger partial charge in [0.2, 0.25) is 0 Å². The Hall–Kier alpha value is -2.40. The van der Waals surface area contributed by atoms with E-state index < -0.39 is 0 Å². The van der Waals surface area contributed by atoms with Crippen LogP contribution in [0.2, 0.25) is 0 Å². The molecule has 1 fully saturated rings. The van der Waals surface area contributed by atoms with E-state index in [2.05, 4.69) is 23.6 Å². The van der Waals surface area contributed by atoms with E-state index in [4.69, 9.17) is 12.2 Å². The summed E-state index contributed by atoms with van der Waals surface area (Å²) < 4.78 is 0. The zero-order valence-electron chi connectivity index (χ0n) is 15.1. The molecule has 0 aliphatic carbocycles. The molecule has 2 aromatic rings. The van der Waals surface area contributed by atoms with Crippen LogP contribution < -0.4 is 10.6 Å². The van der Waals surface area contributed by atoms with E-state index in [9.17, 15) is 4.79 Å². The lowest BCUT2D eigenvalue weighted by atomic mass is 10.0. The predicted octanol–water partition coefficient (Wildman–Crippen LogP) is 3.84. The van der Waals surface area contributed by atoms with Gasteiger partial charge in [-0.15, -0.1) is 0 Å². The number of nitrogens with one attached hydrogen (secondary N) is 2. The lowest BCUT2D eigenvalue weighted by Gasteiger charge is -2.33. The zero-order valence-corrected chi connectivity index (χ0v) is 15.9. The van der Waals surface area contributed by atoms with Crippen molar-refractivity contribution in [1.82, 2.24) is 10.2 Å². The first kappa shape index (κ1) is 18.4. The molecule has 0 bridgehead atoms. The Kier molecular flexibility index (Phi) is 6.23. The Balaban J connectivity index is 1.49. The van der Waals surface area contributed by atoms with Crippen LogP contribution in [0.1, 0.15) is 35.7 Å². The summed E-state index contributed by atoms with van der Waals surface area (Å²) in [5, 5.41) is 7.36. The molecule has 0 unspecified atom stereocenters. The minimum Gasteiger partial charge on any atom is -0.360 e. The molecule has 0 spiro atoms. The van der Waals surface area contributed by atoms with Crippen molar-refractivity contribution in [3.63, 3.8) is 0 Å². The molecule has 1 saturated heterocycles. The van der Waals surface area contributed by atoms with Crippen molar-refractivity contribution in [3.05, 3.63) is 65.7 Å². The summed E-state index contributed by atoms with van der Waals surface area (Å²) in [7, 11) is 0. The molecule has 1 aliphatic rings. The number of rotatable bonds is 4. The smallest absolute Gasteiger partial charge is 0.253 e. The highest BCUT2D eigenvalue weighted by Crippen LogP contribution is 2.17. The summed E-state index contributed by atoms with van der Waals surface area (Å²) in [4.78, 5) is 14.4. The average molecular weight is 368 g/mol. The van der Waals surface area contributed by atoms with Crippen molar-refractivity contribution < 1.29 is 4.79 Å². The molecule has 0 aromatic heterocycles. The van der Waals surface area contributed by atoms with Gasteiger partial charge < -0.3 is 15.5 Å². The minimum absolute atomic E-state index is 0.113. The average Bonchev–Trinajstić information content (AvgIpc) is 2.69. The van der Waals surface area contributed by atoms with E-state index >= 15 is 0 Å². The Morgan fingerprint density at radius 3 is 2.42 bits per heavy atom. The van der Waals surface area contributed by atoms with Crippen molar-refractivity contribution in [2.24, 2.45) is 0 Å². The van der Waals surface area contributed by atoms with Gasteiger partial charge in [0.25, 0.3) is 5.91 Å². The normalized spacial score (nSPS) is 14.7. The molecule has 1 heterocycles. The topological polar surface area (TPSA) is 44.4 Å². The summed E-state index contributed by atoms with van der Waals surface area (Å²) in [5.74, 6) is 0.113. The van der Waals surface area contributed by atoms with E-state index in [1.54, 1.807) is 0 Å². The highest BCUT2D eigenvalue weighted by Gasteiger charge is 2.23. The maximum atomic E-state index is 12.5. The van der Waals surface area contributed by atoms with Gasteiger partial charge in [0.15, 0.2) is 5.11 Å². The van der Waals surface area contributed by atoms with E-state index in [-0.39, 0.29) is 5.91 Å². The molecule has 0 atom stereocenters. The molecule has 4 nitrogen and oxygen atoms in total. The number of carbonyl (C=O) groups excluding carboxylic acids is 1. The monoisotopic (exact) mass is 367 g/mol. The van der Waals surface area contributed by atoms with Gasteiger partial charge in [-0.2, -0.15) is 0 Å². The number of nitrogens with zero attached hydrogens (tertiary/aromatic N) is 1. The lowest BCUT2D eigenvalue weighted by Crippen LogP contribution is -2.47. The maximum Gasteiger partial charge on any atom is 0.253 e. The van der Waals surface area contributed by atoms with Crippen LogP contribution in [0, 0.1) is 0 Å². The maximum absolute atomic E-state index is 12.5. The van der Waals surface area contributed by atoms with Crippen LogP contribution in [-0.4, -0.2) is 35.1 Å². The fourth-order valence-corrected chi connectivity index (χ4v) is 3.56. The quantitative estimate of drug-likeness (QED) is 0.806. The number of hydrogen-bond donors (Lipinski definition) is 2. The number of aryl methyl sites for hydroxylation is 1. The first-order valence-electron chi connectivity index (χ1n) is 9.17. The number of para-hydroxylation sites is 1. The molecule has 5 heteroatoms. The van der Waals surface area contributed by atoms with Crippen molar-refractivity contribution >= 4 is 28.9 Å². The fraction of sp³-hybridized carbons (Fsp3) is 0.333. The van der Waals surface area contributed by atoms with Gasteiger partial charge >= 0.3 is 0 Å². The van der Waals surface area contributed by atoms with Crippen molar-refractivity contribution in [3.8, 4) is 0 Å². The Morgan fingerprint density at radius 2 is 1.73 bits per heavy atom. The van der Waals surface area contributed by atoms with E-state index in [1.165, 1.54) is 5.56 Å². The Morgan fingerprint density at radius 1 is 1.08 bits per heavy atom. The lowest BCUT2D eigenvalue weighted by molar-refractivity contribution is 0.0710. The SMILES string of the molecule is CCc1ccccc1NC(=S)NC1CCN(C(=O)c2ccccc2)CC1. The number of carbonyl (C=O) groups is 1. The third kappa shape index (κ3) is 4.61. The summed E-state index contributed by atoms with van der Waals surface area (Å²) in [6.45, 7) is 3.63. The Bertz CT molecular complexity index is 755. The van der Waals surface area contributed by atoms with Crippen LogP contribution in [0.3, 0.4) is 0 Å². The minimum atomic E-state index is 0.113. The first-order chi connectivity index (χ1) is 12.7. The van der Waals surface area contributed by atoms with Crippen LogP contribution >= 0.6 is 12.2 Å². The number of anilines is 1. The summed E-state index contributed by atoms with van der Waals surface area (Å²) in [6, 6.07) is 18.0. The number of benzene rings is 2. The molecule has 1 amide bonds. The van der Waals surface area contributed by atoms with Gasteiger partial charge in [0, 0.05) is 30.4 Å². The van der Waals surface area contributed by atoms with Crippen LogP contribution in [0.15, 0.2) is 54.6 Å². The van der Waals surface area contributed by atoms with Gasteiger partial charge in [0.1, 0.15) is 0 Å². The molecular weight excluding hydrogens is 342 g/mol. The second-order valence-corrected chi connectivity index (χ2v) is 6.95. The zero-order chi connectivity index (χ0) is 18.4. The number of likely N-dealkylation sites (tertiary alicyclic amines) is 1. The Labute approximate surface area is 160 Å². The van der Waals surface area contributed by atoms with Crippen molar-refractivity contribution in [1.29, 1.82) is 0 Å². The molecular formula is C21H25N3OS. The third-order valence-electron chi connectivity index (χ3n) is 4.78. The molecule has 1 aliphatic heterocycles. The summed E-state index contributed by atoms with van der Waals surface area (Å²) >= 11 is 5.48. The van der Waals surface area contributed by atoms with Gasteiger partial charge in [-0.3, -0.25) is 4.79 Å². The predicted molar refractivity (Wildman–Crippen MR) is 111 cm³/mol. The van der Waals surface area contributed by atoms with Crippen LogP contribution in [0.4, 0.5) is 5.69 Å². The fourth-order valence-electron chi connectivity index (χ4n) is 3.28. The van der Waals surface area contributed by atoms with Gasteiger partial charge in [-0.25, -0.2) is 0 Å². The first-order valence-corrected chi connectivity index (χ1v) is 9.58. The van der Waals surface area contributed by atoms with E-state index in [0.29, 0.717) is 11.2 Å². The van der Waals surface area contributed by atoms with Gasteiger partial charge in [0.05, 0.1) is 0 Å².